The number of nitrogens with one attached hydrogen (secondary N) is 1. The molecule has 0 aromatic carbocycles. The van der Waals surface area contributed by atoms with Gasteiger partial charge in [-0.2, -0.15) is 5.10 Å². The number of aromatic nitrogens is 2. The third kappa shape index (κ3) is 2.85. The molecule has 3 heteroatoms. The van der Waals surface area contributed by atoms with Gasteiger partial charge in [-0.15, -0.1) is 0 Å². The summed E-state index contributed by atoms with van der Waals surface area (Å²) < 4.78 is 2.01. The minimum absolute atomic E-state index is 0.600. The second-order valence-corrected chi connectivity index (χ2v) is 5.31. The van der Waals surface area contributed by atoms with E-state index in [4.69, 9.17) is 0 Å². The van der Waals surface area contributed by atoms with E-state index in [1.54, 1.807) is 0 Å². The standard InChI is InChI=1S/C13H23N3/c1-9(11(3)14-12-5-6-12)7-13-8-10(2)15-16(13)4/h8-9,11-12,14H,5-7H2,1-4H3. The summed E-state index contributed by atoms with van der Waals surface area (Å²) in [6, 6.07) is 3.59. The van der Waals surface area contributed by atoms with Gasteiger partial charge in [-0.05, 0) is 45.1 Å². The van der Waals surface area contributed by atoms with Gasteiger partial charge in [0.1, 0.15) is 0 Å². The van der Waals surface area contributed by atoms with Crippen molar-refractivity contribution >= 4 is 0 Å². The van der Waals surface area contributed by atoms with E-state index in [1.165, 1.54) is 18.5 Å². The average Bonchev–Trinajstić information content (AvgIpc) is 2.94. The van der Waals surface area contributed by atoms with Gasteiger partial charge in [0.2, 0.25) is 0 Å². The quantitative estimate of drug-likeness (QED) is 0.824. The Kier molecular flexibility index (Phi) is 3.33. The maximum atomic E-state index is 4.39. The van der Waals surface area contributed by atoms with Crippen LogP contribution in [0.5, 0.6) is 0 Å². The van der Waals surface area contributed by atoms with Crippen molar-refractivity contribution in [3.05, 3.63) is 17.5 Å². The minimum Gasteiger partial charge on any atom is -0.311 e. The Morgan fingerprint density at radius 2 is 2.19 bits per heavy atom. The smallest absolute Gasteiger partial charge is 0.0596 e. The van der Waals surface area contributed by atoms with E-state index in [-0.39, 0.29) is 0 Å². The van der Waals surface area contributed by atoms with Gasteiger partial charge < -0.3 is 5.32 Å². The van der Waals surface area contributed by atoms with Gasteiger partial charge in [0.25, 0.3) is 0 Å². The fourth-order valence-electron chi connectivity index (χ4n) is 2.15. The molecule has 0 bridgehead atoms. The molecule has 1 fully saturated rings. The van der Waals surface area contributed by atoms with Crippen LogP contribution in [0.4, 0.5) is 0 Å². The van der Waals surface area contributed by atoms with Crippen LogP contribution < -0.4 is 5.32 Å². The zero-order valence-corrected chi connectivity index (χ0v) is 10.8. The number of hydrogen-bond donors (Lipinski definition) is 1. The number of aryl methyl sites for hydroxylation is 2. The van der Waals surface area contributed by atoms with Crippen LogP contribution in [-0.4, -0.2) is 21.9 Å². The molecule has 1 heterocycles. The average molecular weight is 221 g/mol. The van der Waals surface area contributed by atoms with E-state index in [0.29, 0.717) is 12.0 Å². The normalized spacial score (nSPS) is 19.8. The van der Waals surface area contributed by atoms with Crippen molar-refractivity contribution in [3.63, 3.8) is 0 Å². The highest BCUT2D eigenvalue weighted by atomic mass is 15.3. The molecule has 2 unspecified atom stereocenters. The van der Waals surface area contributed by atoms with Gasteiger partial charge in [-0.3, -0.25) is 4.68 Å². The van der Waals surface area contributed by atoms with Crippen LogP contribution in [0.25, 0.3) is 0 Å². The first-order valence-electron chi connectivity index (χ1n) is 6.32. The SMILES string of the molecule is Cc1cc(CC(C)C(C)NC2CC2)n(C)n1. The predicted octanol–water partition coefficient (Wildman–Crippen LogP) is 2.05. The summed E-state index contributed by atoms with van der Waals surface area (Å²) in [7, 11) is 2.04. The Morgan fingerprint density at radius 3 is 2.69 bits per heavy atom. The van der Waals surface area contributed by atoms with Crippen molar-refractivity contribution in [2.75, 3.05) is 0 Å². The molecule has 1 aliphatic rings. The fraction of sp³-hybridized carbons (Fsp3) is 0.769. The van der Waals surface area contributed by atoms with Gasteiger partial charge in [0.15, 0.2) is 0 Å². The molecule has 1 aromatic rings. The Bertz CT molecular complexity index is 352. The first-order chi connectivity index (χ1) is 7.56. The van der Waals surface area contributed by atoms with Crippen molar-refractivity contribution in [3.8, 4) is 0 Å². The topological polar surface area (TPSA) is 29.9 Å². The Labute approximate surface area is 98.2 Å². The predicted molar refractivity (Wildman–Crippen MR) is 66.4 cm³/mol. The Hall–Kier alpha value is -0.830. The van der Waals surface area contributed by atoms with Crippen molar-refractivity contribution < 1.29 is 0 Å². The molecule has 0 saturated heterocycles. The number of rotatable bonds is 5. The molecule has 90 valence electrons. The molecule has 2 atom stereocenters. The molecule has 16 heavy (non-hydrogen) atoms. The summed E-state index contributed by atoms with van der Waals surface area (Å²) >= 11 is 0. The van der Waals surface area contributed by atoms with E-state index in [0.717, 1.165) is 18.2 Å². The summed E-state index contributed by atoms with van der Waals surface area (Å²) in [6.45, 7) is 6.68. The highest BCUT2D eigenvalue weighted by Crippen LogP contribution is 2.22. The maximum Gasteiger partial charge on any atom is 0.0596 e. The van der Waals surface area contributed by atoms with Gasteiger partial charge in [-0.1, -0.05) is 6.92 Å². The van der Waals surface area contributed by atoms with Crippen molar-refractivity contribution in [2.24, 2.45) is 13.0 Å². The van der Waals surface area contributed by atoms with Crippen molar-refractivity contribution in [1.82, 2.24) is 15.1 Å². The zero-order valence-electron chi connectivity index (χ0n) is 10.8. The van der Waals surface area contributed by atoms with E-state index in [9.17, 15) is 0 Å². The van der Waals surface area contributed by atoms with E-state index >= 15 is 0 Å². The second-order valence-electron chi connectivity index (χ2n) is 5.31. The third-order valence-electron chi connectivity index (χ3n) is 3.56. The summed E-state index contributed by atoms with van der Waals surface area (Å²) in [4.78, 5) is 0. The first-order valence-corrected chi connectivity index (χ1v) is 6.32. The molecule has 1 N–H and O–H groups in total. The summed E-state index contributed by atoms with van der Waals surface area (Å²) in [5, 5.41) is 8.06. The van der Waals surface area contributed by atoms with Gasteiger partial charge in [0.05, 0.1) is 5.69 Å². The molecule has 0 radical (unpaired) electrons. The van der Waals surface area contributed by atoms with Crippen LogP contribution >= 0.6 is 0 Å². The summed E-state index contributed by atoms with van der Waals surface area (Å²) in [6.07, 6.45) is 3.84. The molecule has 3 nitrogen and oxygen atoms in total. The summed E-state index contributed by atoms with van der Waals surface area (Å²) in [5.41, 5.74) is 2.46. The van der Waals surface area contributed by atoms with Gasteiger partial charge in [0, 0.05) is 24.8 Å². The Morgan fingerprint density at radius 1 is 1.50 bits per heavy atom. The van der Waals surface area contributed by atoms with Crippen LogP contribution in [0.15, 0.2) is 6.07 Å². The van der Waals surface area contributed by atoms with Crippen LogP contribution in [0.3, 0.4) is 0 Å². The fourth-order valence-corrected chi connectivity index (χ4v) is 2.15. The Balaban J connectivity index is 1.89. The lowest BCUT2D eigenvalue weighted by molar-refractivity contribution is 0.388. The number of nitrogens with zero attached hydrogens (tertiary/aromatic N) is 2. The molecular weight excluding hydrogens is 198 g/mol. The van der Waals surface area contributed by atoms with Gasteiger partial charge in [-0.25, -0.2) is 0 Å². The highest BCUT2D eigenvalue weighted by Gasteiger charge is 2.25. The van der Waals surface area contributed by atoms with Crippen LogP contribution in [0.1, 0.15) is 38.1 Å². The van der Waals surface area contributed by atoms with Crippen molar-refractivity contribution in [1.29, 1.82) is 0 Å². The number of hydrogen-bond acceptors (Lipinski definition) is 2. The summed E-state index contributed by atoms with van der Waals surface area (Å²) in [5.74, 6) is 0.662. The lowest BCUT2D eigenvalue weighted by Crippen LogP contribution is -2.34. The monoisotopic (exact) mass is 221 g/mol. The molecule has 0 spiro atoms. The third-order valence-corrected chi connectivity index (χ3v) is 3.56. The van der Waals surface area contributed by atoms with Crippen LogP contribution in [-0.2, 0) is 13.5 Å². The van der Waals surface area contributed by atoms with Crippen molar-refractivity contribution in [2.45, 2.75) is 52.1 Å². The first kappa shape index (κ1) is 11.6. The molecule has 1 saturated carbocycles. The van der Waals surface area contributed by atoms with E-state index < -0.39 is 0 Å². The largest absolute Gasteiger partial charge is 0.311 e. The van der Waals surface area contributed by atoms with Crippen LogP contribution in [0.2, 0.25) is 0 Å². The molecule has 1 aliphatic carbocycles. The van der Waals surface area contributed by atoms with E-state index in [1.807, 2.05) is 11.7 Å². The molecular formula is C13H23N3. The van der Waals surface area contributed by atoms with E-state index in [2.05, 4.69) is 37.3 Å². The zero-order chi connectivity index (χ0) is 11.7. The molecule has 0 amide bonds. The molecule has 1 aromatic heterocycles. The van der Waals surface area contributed by atoms with Crippen LogP contribution in [0, 0.1) is 12.8 Å². The lowest BCUT2D eigenvalue weighted by Gasteiger charge is -2.21. The lowest BCUT2D eigenvalue weighted by atomic mass is 9.97. The minimum atomic E-state index is 0.600. The molecule has 0 aliphatic heterocycles. The maximum absolute atomic E-state index is 4.39. The highest BCUT2D eigenvalue weighted by molar-refractivity contribution is 5.09. The van der Waals surface area contributed by atoms with Gasteiger partial charge >= 0.3 is 0 Å². The second kappa shape index (κ2) is 4.58. The molecule has 2 rings (SSSR count).